The van der Waals surface area contributed by atoms with E-state index in [-0.39, 0.29) is 4.90 Å². The van der Waals surface area contributed by atoms with E-state index in [9.17, 15) is 8.42 Å². The summed E-state index contributed by atoms with van der Waals surface area (Å²) in [7, 11) is -3.66. The highest BCUT2D eigenvalue weighted by Crippen LogP contribution is 2.21. The second-order valence-electron chi connectivity index (χ2n) is 3.02. The number of hydrogen-bond acceptors (Lipinski definition) is 3. The summed E-state index contributed by atoms with van der Waals surface area (Å²) in [6.07, 6.45) is 0. The predicted octanol–water partition coefficient (Wildman–Crippen LogP) is 0.533. The maximum atomic E-state index is 11.1. The van der Waals surface area contributed by atoms with Crippen LogP contribution in [0.5, 0.6) is 0 Å². The summed E-state index contributed by atoms with van der Waals surface area (Å²) < 4.78 is 22.2. The first-order valence-electron chi connectivity index (χ1n) is 3.72. The van der Waals surface area contributed by atoms with Crippen LogP contribution in [0.2, 0.25) is 0 Å². The first-order valence-corrected chi connectivity index (χ1v) is 5.26. The number of sulfonamides is 1. The Morgan fingerprint density at radius 3 is 2.23 bits per heavy atom. The topological polar surface area (TPSA) is 86.2 Å². The molecule has 0 aromatic heterocycles. The SMILES string of the molecule is Cc1cc(N)c(C)c(S(N)(=O)=O)c1. The third kappa shape index (κ3) is 1.99. The van der Waals surface area contributed by atoms with Crippen LogP contribution in [0.4, 0.5) is 5.69 Å². The Bertz CT molecular complexity index is 438. The summed E-state index contributed by atoms with van der Waals surface area (Å²) in [4.78, 5) is 0.102. The maximum absolute atomic E-state index is 11.1. The molecule has 13 heavy (non-hydrogen) atoms. The van der Waals surface area contributed by atoms with Crippen LogP contribution in [0.1, 0.15) is 11.1 Å². The Hall–Kier alpha value is -1.07. The van der Waals surface area contributed by atoms with E-state index in [1.807, 2.05) is 0 Å². The molecule has 0 amide bonds. The fourth-order valence-corrected chi connectivity index (χ4v) is 2.04. The molecule has 0 aliphatic rings. The van der Waals surface area contributed by atoms with Gasteiger partial charge in [0.15, 0.2) is 0 Å². The molecule has 1 aromatic carbocycles. The molecular formula is C8H12N2O2S. The number of nitrogens with two attached hydrogens (primary N) is 2. The minimum Gasteiger partial charge on any atom is -0.398 e. The largest absolute Gasteiger partial charge is 0.398 e. The van der Waals surface area contributed by atoms with Crippen LogP contribution < -0.4 is 10.9 Å². The van der Waals surface area contributed by atoms with Crippen LogP contribution in [0.3, 0.4) is 0 Å². The zero-order chi connectivity index (χ0) is 10.2. The van der Waals surface area contributed by atoms with Gasteiger partial charge >= 0.3 is 0 Å². The third-order valence-electron chi connectivity index (χ3n) is 1.85. The van der Waals surface area contributed by atoms with Crippen molar-refractivity contribution in [2.75, 3.05) is 5.73 Å². The van der Waals surface area contributed by atoms with Crippen molar-refractivity contribution < 1.29 is 8.42 Å². The molecule has 0 bridgehead atoms. The van der Waals surface area contributed by atoms with Crippen LogP contribution in [-0.2, 0) is 10.0 Å². The maximum Gasteiger partial charge on any atom is 0.238 e. The number of aryl methyl sites for hydroxylation is 1. The van der Waals surface area contributed by atoms with E-state index in [4.69, 9.17) is 10.9 Å². The lowest BCUT2D eigenvalue weighted by Gasteiger charge is -2.07. The molecule has 0 unspecified atom stereocenters. The lowest BCUT2D eigenvalue weighted by molar-refractivity contribution is 0.597. The van der Waals surface area contributed by atoms with Gasteiger partial charge in [-0.05, 0) is 37.1 Å². The number of primary sulfonamides is 1. The molecule has 0 aliphatic carbocycles. The van der Waals surface area contributed by atoms with Gasteiger partial charge in [0, 0.05) is 5.69 Å². The summed E-state index contributed by atoms with van der Waals surface area (Å²) in [6, 6.07) is 3.23. The van der Waals surface area contributed by atoms with Gasteiger partial charge in [-0.15, -0.1) is 0 Å². The molecule has 1 rings (SSSR count). The average Bonchev–Trinajstić information content (AvgIpc) is 1.94. The Morgan fingerprint density at radius 2 is 1.77 bits per heavy atom. The molecule has 0 saturated carbocycles. The molecule has 0 aliphatic heterocycles. The molecule has 72 valence electrons. The monoisotopic (exact) mass is 200 g/mol. The van der Waals surface area contributed by atoms with Gasteiger partial charge in [0.2, 0.25) is 10.0 Å². The molecule has 4 nitrogen and oxygen atoms in total. The minimum atomic E-state index is -3.66. The summed E-state index contributed by atoms with van der Waals surface area (Å²) >= 11 is 0. The van der Waals surface area contributed by atoms with E-state index < -0.39 is 10.0 Å². The van der Waals surface area contributed by atoms with E-state index >= 15 is 0 Å². The molecule has 0 atom stereocenters. The molecule has 0 heterocycles. The van der Waals surface area contributed by atoms with Gasteiger partial charge in [-0.2, -0.15) is 0 Å². The van der Waals surface area contributed by atoms with Crippen molar-refractivity contribution in [1.82, 2.24) is 0 Å². The second-order valence-corrected chi connectivity index (χ2v) is 4.55. The Morgan fingerprint density at radius 1 is 1.23 bits per heavy atom. The normalized spacial score (nSPS) is 11.6. The van der Waals surface area contributed by atoms with Gasteiger partial charge in [0.25, 0.3) is 0 Å². The standard InChI is InChI=1S/C8H12N2O2S/c1-5-3-7(9)6(2)8(4-5)13(10,11)12/h3-4H,9H2,1-2H3,(H2,10,11,12). The van der Waals surface area contributed by atoms with Crippen LogP contribution in [0, 0.1) is 13.8 Å². The number of nitrogen functional groups attached to an aromatic ring is 1. The highest BCUT2D eigenvalue weighted by Gasteiger charge is 2.13. The van der Waals surface area contributed by atoms with E-state index in [2.05, 4.69) is 0 Å². The molecule has 0 saturated heterocycles. The highest BCUT2D eigenvalue weighted by atomic mass is 32.2. The zero-order valence-electron chi connectivity index (χ0n) is 7.53. The van der Waals surface area contributed by atoms with Crippen molar-refractivity contribution in [2.45, 2.75) is 18.7 Å². The quantitative estimate of drug-likeness (QED) is 0.648. The summed E-state index contributed by atoms with van der Waals surface area (Å²) in [5, 5.41) is 5.01. The molecular weight excluding hydrogens is 188 g/mol. The van der Waals surface area contributed by atoms with Gasteiger partial charge < -0.3 is 5.73 Å². The summed E-state index contributed by atoms with van der Waals surface area (Å²) in [6.45, 7) is 3.40. The zero-order valence-corrected chi connectivity index (χ0v) is 8.35. The van der Waals surface area contributed by atoms with Crippen LogP contribution in [0.15, 0.2) is 17.0 Å². The van der Waals surface area contributed by atoms with E-state index in [0.717, 1.165) is 5.56 Å². The average molecular weight is 200 g/mol. The summed E-state index contributed by atoms with van der Waals surface area (Å²) in [5.74, 6) is 0. The smallest absolute Gasteiger partial charge is 0.238 e. The van der Waals surface area contributed by atoms with Gasteiger partial charge in [-0.3, -0.25) is 0 Å². The highest BCUT2D eigenvalue weighted by molar-refractivity contribution is 7.89. The Kier molecular flexibility index (Phi) is 2.32. The predicted molar refractivity (Wildman–Crippen MR) is 51.7 cm³/mol. The number of anilines is 1. The molecule has 0 radical (unpaired) electrons. The molecule has 0 spiro atoms. The van der Waals surface area contributed by atoms with E-state index in [1.54, 1.807) is 19.9 Å². The fraction of sp³-hybridized carbons (Fsp3) is 0.250. The van der Waals surface area contributed by atoms with Crippen molar-refractivity contribution in [3.05, 3.63) is 23.3 Å². The Labute approximate surface area is 77.6 Å². The molecule has 1 aromatic rings. The van der Waals surface area contributed by atoms with Gasteiger partial charge in [0.05, 0.1) is 4.90 Å². The molecule has 0 fully saturated rings. The van der Waals surface area contributed by atoms with Crippen molar-refractivity contribution in [3.63, 3.8) is 0 Å². The molecule has 4 N–H and O–H groups in total. The first kappa shape index (κ1) is 10.0. The lowest BCUT2D eigenvalue weighted by atomic mass is 10.1. The van der Waals surface area contributed by atoms with Crippen LogP contribution in [0.25, 0.3) is 0 Å². The second kappa shape index (κ2) is 3.01. The third-order valence-corrected chi connectivity index (χ3v) is 2.89. The van der Waals surface area contributed by atoms with Crippen molar-refractivity contribution in [2.24, 2.45) is 5.14 Å². The van der Waals surface area contributed by atoms with Crippen molar-refractivity contribution in [3.8, 4) is 0 Å². The lowest BCUT2D eigenvalue weighted by Crippen LogP contribution is -2.14. The van der Waals surface area contributed by atoms with E-state index in [0.29, 0.717) is 11.3 Å². The first-order chi connectivity index (χ1) is 5.82. The molecule has 5 heteroatoms. The van der Waals surface area contributed by atoms with Gasteiger partial charge in [-0.1, -0.05) is 0 Å². The number of hydrogen-bond donors (Lipinski definition) is 2. The van der Waals surface area contributed by atoms with Crippen molar-refractivity contribution in [1.29, 1.82) is 0 Å². The number of rotatable bonds is 1. The Balaban J connectivity index is 3.56. The fourth-order valence-electron chi connectivity index (χ4n) is 1.15. The van der Waals surface area contributed by atoms with Crippen LogP contribution in [-0.4, -0.2) is 8.42 Å². The van der Waals surface area contributed by atoms with Crippen LogP contribution >= 0.6 is 0 Å². The minimum absolute atomic E-state index is 0.102. The van der Waals surface area contributed by atoms with E-state index in [1.165, 1.54) is 6.07 Å². The van der Waals surface area contributed by atoms with Crippen molar-refractivity contribution >= 4 is 15.7 Å². The van der Waals surface area contributed by atoms with Gasteiger partial charge in [0.1, 0.15) is 0 Å². The van der Waals surface area contributed by atoms with Gasteiger partial charge in [-0.25, -0.2) is 13.6 Å². The number of benzene rings is 1. The summed E-state index contributed by atoms with van der Waals surface area (Å²) in [5.41, 5.74) is 7.34.